The number of hydrogen-bond donors (Lipinski definition) is 0. The van der Waals surface area contributed by atoms with Gasteiger partial charge in [-0.25, -0.2) is 0 Å². The van der Waals surface area contributed by atoms with Crippen LogP contribution >= 0.6 is 0 Å². The third kappa shape index (κ3) is 2.65. The number of ether oxygens (including phenoxy) is 1. The highest BCUT2D eigenvalue weighted by Crippen LogP contribution is 2.23. The molecule has 0 radical (unpaired) electrons. The van der Waals surface area contributed by atoms with E-state index in [1.54, 1.807) is 31.4 Å². The number of carbonyl (C=O) groups is 2. The third-order valence-corrected chi connectivity index (χ3v) is 3.90. The fourth-order valence-electron chi connectivity index (χ4n) is 2.71. The Labute approximate surface area is 129 Å². The molecule has 4 nitrogen and oxygen atoms in total. The van der Waals surface area contributed by atoms with Gasteiger partial charge in [0.1, 0.15) is 0 Å². The van der Waals surface area contributed by atoms with Crippen LogP contribution in [0.5, 0.6) is 0 Å². The van der Waals surface area contributed by atoms with Gasteiger partial charge in [0.25, 0.3) is 11.8 Å². The zero-order valence-electron chi connectivity index (χ0n) is 12.4. The molecule has 0 spiro atoms. The monoisotopic (exact) mass is 295 g/mol. The Hall–Kier alpha value is -2.46. The minimum atomic E-state index is -0.240. The molecule has 22 heavy (non-hydrogen) atoms. The zero-order valence-corrected chi connectivity index (χ0v) is 12.4. The summed E-state index contributed by atoms with van der Waals surface area (Å²) in [5.41, 5.74) is 2.06. The first kappa shape index (κ1) is 14.5. The van der Waals surface area contributed by atoms with E-state index in [1.165, 1.54) is 4.90 Å². The van der Waals surface area contributed by atoms with Crippen LogP contribution in [0.15, 0.2) is 54.6 Å². The van der Waals surface area contributed by atoms with E-state index in [1.807, 2.05) is 30.3 Å². The molecule has 0 aliphatic carbocycles. The molecule has 2 aromatic carbocycles. The van der Waals surface area contributed by atoms with Crippen LogP contribution in [-0.2, 0) is 11.2 Å². The van der Waals surface area contributed by atoms with Gasteiger partial charge in [0.2, 0.25) is 0 Å². The molecule has 0 N–H and O–H groups in total. The van der Waals surface area contributed by atoms with E-state index in [4.69, 9.17) is 4.74 Å². The molecule has 0 bridgehead atoms. The maximum absolute atomic E-state index is 12.4. The highest BCUT2D eigenvalue weighted by atomic mass is 16.5. The van der Waals surface area contributed by atoms with Crippen molar-refractivity contribution in [2.75, 3.05) is 13.7 Å². The van der Waals surface area contributed by atoms with E-state index in [0.717, 1.165) is 5.56 Å². The lowest BCUT2D eigenvalue weighted by Crippen LogP contribution is -2.38. The number of rotatable bonds is 5. The quantitative estimate of drug-likeness (QED) is 0.796. The Morgan fingerprint density at radius 3 is 2.00 bits per heavy atom. The first-order chi connectivity index (χ1) is 10.7. The van der Waals surface area contributed by atoms with E-state index >= 15 is 0 Å². The molecular weight excluding hydrogens is 278 g/mol. The lowest BCUT2D eigenvalue weighted by molar-refractivity contribution is 0.0442. The summed E-state index contributed by atoms with van der Waals surface area (Å²) >= 11 is 0. The van der Waals surface area contributed by atoms with Crippen LogP contribution in [0.2, 0.25) is 0 Å². The Kier molecular flexibility index (Phi) is 4.02. The van der Waals surface area contributed by atoms with Crippen molar-refractivity contribution in [3.05, 3.63) is 71.3 Å². The van der Waals surface area contributed by atoms with Gasteiger partial charge in [-0.2, -0.15) is 0 Å². The lowest BCUT2D eigenvalue weighted by Gasteiger charge is -2.21. The smallest absolute Gasteiger partial charge is 0.261 e. The molecule has 0 saturated carbocycles. The number of amides is 2. The fraction of sp³-hybridized carbons (Fsp3) is 0.222. The molecule has 0 aromatic heterocycles. The highest BCUT2D eigenvalue weighted by Gasteiger charge is 2.36. The van der Waals surface area contributed by atoms with Gasteiger partial charge in [0.05, 0.1) is 23.8 Å². The Balaban J connectivity index is 1.75. The number of methoxy groups -OCH3 is 1. The van der Waals surface area contributed by atoms with Crippen molar-refractivity contribution in [3.8, 4) is 0 Å². The first-order valence-electron chi connectivity index (χ1n) is 7.22. The van der Waals surface area contributed by atoms with Gasteiger partial charge in [0.15, 0.2) is 0 Å². The van der Waals surface area contributed by atoms with Crippen molar-refractivity contribution < 1.29 is 14.3 Å². The standard InChI is InChI=1S/C18H17NO3/c1-22-14(11-13-7-3-2-4-8-13)12-19-17(20)15-9-5-6-10-16(15)18(19)21/h2-10,14H,11-12H2,1H3. The molecule has 2 amide bonds. The van der Waals surface area contributed by atoms with E-state index in [9.17, 15) is 9.59 Å². The van der Waals surface area contributed by atoms with Crippen molar-refractivity contribution >= 4 is 11.8 Å². The third-order valence-electron chi connectivity index (χ3n) is 3.90. The second-order valence-corrected chi connectivity index (χ2v) is 5.31. The SMILES string of the molecule is COC(Cc1ccccc1)CN1C(=O)c2ccccc2C1=O. The normalized spacial score (nSPS) is 15.0. The average molecular weight is 295 g/mol. The maximum atomic E-state index is 12.4. The number of carbonyl (C=O) groups excluding carboxylic acids is 2. The second-order valence-electron chi connectivity index (χ2n) is 5.31. The average Bonchev–Trinajstić information content (AvgIpc) is 2.80. The summed E-state index contributed by atoms with van der Waals surface area (Å²) in [6, 6.07) is 16.8. The summed E-state index contributed by atoms with van der Waals surface area (Å²) in [6.45, 7) is 0.262. The van der Waals surface area contributed by atoms with Crippen LogP contribution in [0.1, 0.15) is 26.3 Å². The minimum Gasteiger partial charge on any atom is -0.379 e. The van der Waals surface area contributed by atoms with Crippen molar-refractivity contribution in [2.24, 2.45) is 0 Å². The van der Waals surface area contributed by atoms with Crippen LogP contribution in [0.25, 0.3) is 0 Å². The summed E-state index contributed by atoms with van der Waals surface area (Å²) in [5, 5.41) is 0. The van der Waals surface area contributed by atoms with Crippen LogP contribution in [0.4, 0.5) is 0 Å². The molecular formula is C18H17NO3. The Morgan fingerprint density at radius 1 is 0.909 bits per heavy atom. The van der Waals surface area contributed by atoms with E-state index < -0.39 is 0 Å². The van der Waals surface area contributed by atoms with Crippen molar-refractivity contribution in [3.63, 3.8) is 0 Å². The van der Waals surface area contributed by atoms with Gasteiger partial charge in [0, 0.05) is 13.5 Å². The van der Waals surface area contributed by atoms with E-state index in [2.05, 4.69) is 0 Å². The number of imide groups is 1. The summed E-state index contributed by atoms with van der Waals surface area (Å²) in [6.07, 6.45) is 0.440. The summed E-state index contributed by atoms with van der Waals surface area (Å²) in [7, 11) is 1.60. The molecule has 3 rings (SSSR count). The molecule has 1 atom stereocenters. The predicted molar refractivity (Wildman–Crippen MR) is 82.8 cm³/mol. The van der Waals surface area contributed by atoms with Gasteiger partial charge in [-0.05, 0) is 17.7 Å². The van der Waals surface area contributed by atoms with Crippen molar-refractivity contribution in [1.82, 2.24) is 4.90 Å². The van der Waals surface area contributed by atoms with Gasteiger partial charge in [-0.3, -0.25) is 14.5 Å². The number of nitrogens with zero attached hydrogens (tertiary/aromatic N) is 1. The second kappa shape index (κ2) is 6.12. The van der Waals surface area contributed by atoms with Crippen LogP contribution < -0.4 is 0 Å². The zero-order chi connectivity index (χ0) is 15.5. The number of benzene rings is 2. The van der Waals surface area contributed by atoms with Crippen LogP contribution in [-0.4, -0.2) is 36.5 Å². The summed E-state index contributed by atoms with van der Waals surface area (Å²) < 4.78 is 5.47. The topological polar surface area (TPSA) is 46.6 Å². The number of fused-ring (bicyclic) bond motifs is 1. The lowest BCUT2D eigenvalue weighted by atomic mass is 10.1. The molecule has 1 aliphatic rings. The Bertz CT molecular complexity index is 661. The van der Waals surface area contributed by atoms with Gasteiger partial charge < -0.3 is 4.74 Å². The Morgan fingerprint density at radius 2 is 1.45 bits per heavy atom. The molecule has 4 heteroatoms. The largest absolute Gasteiger partial charge is 0.379 e. The molecule has 1 aliphatic heterocycles. The first-order valence-corrected chi connectivity index (χ1v) is 7.22. The predicted octanol–water partition coefficient (Wildman–Crippen LogP) is 2.54. The fourth-order valence-corrected chi connectivity index (χ4v) is 2.71. The van der Waals surface area contributed by atoms with Gasteiger partial charge in [-0.15, -0.1) is 0 Å². The molecule has 1 unspecified atom stereocenters. The van der Waals surface area contributed by atoms with Gasteiger partial charge in [-0.1, -0.05) is 42.5 Å². The summed E-state index contributed by atoms with van der Waals surface area (Å²) in [5.74, 6) is -0.480. The van der Waals surface area contributed by atoms with Crippen molar-refractivity contribution in [2.45, 2.75) is 12.5 Å². The van der Waals surface area contributed by atoms with E-state index in [-0.39, 0.29) is 24.5 Å². The minimum absolute atomic E-state index is 0.218. The molecule has 112 valence electrons. The number of hydrogen-bond acceptors (Lipinski definition) is 3. The molecule has 0 saturated heterocycles. The molecule has 0 fully saturated rings. The molecule has 2 aromatic rings. The van der Waals surface area contributed by atoms with E-state index in [0.29, 0.717) is 17.5 Å². The van der Waals surface area contributed by atoms with Crippen molar-refractivity contribution in [1.29, 1.82) is 0 Å². The molecule has 1 heterocycles. The van der Waals surface area contributed by atoms with Gasteiger partial charge >= 0.3 is 0 Å². The van der Waals surface area contributed by atoms with Crippen LogP contribution in [0, 0.1) is 0 Å². The maximum Gasteiger partial charge on any atom is 0.261 e. The summed E-state index contributed by atoms with van der Waals surface area (Å²) in [4.78, 5) is 26.0. The van der Waals surface area contributed by atoms with Crippen LogP contribution in [0.3, 0.4) is 0 Å². The highest BCUT2D eigenvalue weighted by molar-refractivity contribution is 6.21.